The summed E-state index contributed by atoms with van der Waals surface area (Å²) >= 11 is 0. The van der Waals surface area contributed by atoms with Crippen LogP contribution in [0.15, 0.2) is 72.8 Å². The van der Waals surface area contributed by atoms with E-state index in [1.165, 1.54) is 5.56 Å². The number of aryl methyl sites for hydroxylation is 1. The van der Waals surface area contributed by atoms with Gasteiger partial charge < -0.3 is 4.74 Å². The van der Waals surface area contributed by atoms with Crippen LogP contribution in [-0.2, 0) is 6.42 Å². The maximum absolute atomic E-state index is 12.5. The van der Waals surface area contributed by atoms with Crippen LogP contribution in [0.2, 0.25) is 0 Å². The molecule has 0 amide bonds. The average molecular weight is 338 g/mol. The zero-order chi connectivity index (χ0) is 17.6. The largest absolute Gasteiger partial charge is 0.435 e. The highest BCUT2D eigenvalue weighted by atomic mass is 19.3. The van der Waals surface area contributed by atoms with Crippen molar-refractivity contribution in [2.45, 2.75) is 26.4 Å². The van der Waals surface area contributed by atoms with Gasteiger partial charge in [-0.15, -0.1) is 0 Å². The van der Waals surface area contributed by atoms with Gasteiger partial charge in [-0.3, -0.25) is 0 Å². The summed E-state index contributed by atoms with van der Waals surface area (Å²) in [6.07, 6.45) is 2.04. The minimum Gasteiger partial charge on any atom is -0.435 e. The molecule has 0 atom stereocenters. The first-order valence-corrected chi connectivity index (χ1v) is 8.41. The van der Waals surface area contributed by atoms with Crippen LogP contribution in [0.1, 0.15) is 18.9 Å². The summed E-state index contributed by atoms with van der Waals surface area (Å²) in [4.78, 5) is 0. The van der Waals surface area contributed by atoms with Gasteiger partial charge in [-0.1, -0.05) is 74.0 Å². The molecule has 0 unspecified atom stereocenters. The monoisotopic (exact) mass is 338 g/mol. The zero-order valence-corrected chi connectivity index (χ0v) is 14.1. The summed E-state index contributed by atoms with van der Waals surface area (Å²) in [6, 6.07) is 23.4. The SMILES string of the molecule is CCCc1ccc(-c2ccccc2)c(-c2cccc(OC(F)F)c2)c1. The highest BCUT2D eigenvalue weighted by molar-refractivity contribution is 5.84. The Bertz CT molecular complexity index is 828. The van der Waals surface area contributed by atoms with Crippen molar-refractivity contribution in [2.24, 2.45) is 0 Å². The van der Waals surface area contributed by atoms with Crippen LogP contribution >= 0.6 is 0 Å². The molecule has 3 rings (SSSR count). The summed E-state index contributed by atoms with van der Waals surface area (Å²) in [5.74, 6) is 0.174. The molecule has 3 aromatic rings. The molecule has 0 radical (unpaired) electrons. The van der Waals surface area contributed by atoms with Crippen LogP contribution in [-0.4, -0.2) is 6.61 Å². The molecule has 0 saturated carbocycles. The number of benzene rings is 3. The van der Waals surface area contributed by atoms with Crippen molar-refractivity contribution in [1.29, 1.82) is 0 Å². The Kier molecular flexibility index (Phi) is 5.44. The van der Waals surface area contributed by atoms with Gasteiger partial charge in [-0.25, -0.2) is 0 Å². The van der Waals surface area contributed by atoms with E-state index in [0.29, 0.717) is 0 Å². The van der Waals surface area contributed by atoms with Crippen LogP contribution in [0, 0.1) is 0 Å². The highest BCUT2D eigenvalue weighted by Crippen LogP contribution is 2.35. The molecule has 25 heavy (non-hydrogen) atoms. The van der Waals surface area contributed by atoms with Gasteiger partial charge in [-0.05, 0) is 46.4 Å². The Morgan fingerprint density at radius 3 is 2.28 bits per heavy atom. The van der Waals surface area contributed by atoms with Crippen molar-refractivity contribution >= 4 is 0 Å². The van der Waals surface area contributed by atoms with E-state index in [0.717, 1.165) is 35.1 Å². The van der Waals surface area contributed by atoms with Crippen LogP contribution in [0.4, 0.5) is 8.78 Å². The second-order valence-corrected chi connectivity index (χ2v) is 5.90. The fraction of sp³-hybridized carbons (Fsp3) is 0.182. The summed E-state index contributed by atoms with van der Waals surface area (Å²) in [6.45, 7) is -0.683. The molecule has 128 valence electrons. The molecule has 0 aliphatic heterocycles. The lowest BCUT2D eigenvalue weighted by Crippen LogP contribution is -2.01. The molecule has 0 bridgehead atoms. The molecule has 3 aromatic carbocycles. The van der Waals surface area contributed by atoms with Gasteiger partial charge in [-0.2, -0.15) is 8.78 Å². The van der Waals surface area contributed by atoms with Crippen LogP contribution in [0.5, 0.6) is 5.75 Å². The first kappa shape index (κ1) is 17.2. The number of ether oxygens (including phenoxy) is 1. The van der Waals surface area contributed by atoms with E-state index in [9.17, 15) is 8.78 Å². The second kappa shape index (κ2) is 7.93. The van der Waals surface area contributed by atoms with Crippen molar-refractivity contribution in [3.8, 4) is 28.0 Å². The molecule has 0 aromatic heterocycles. The highest BCUT2D eigenvalue weighted by Gasteiger charge is 2.11. The number of alkyl halides is 2. The predicted octanol–water partition coefficient (Wildman–Crippen LogP) is 6.57. The number of halogens is 2. The Morgan fingerprint density at radius 2 is 1.56 bits per heavy atom. The molecule has 0 heterocycles. The van der Waals surface area contributed by atoms with Gasteiger partial charge in [0.05, 0.1) is 0 Å². The average Bonchev–Trinajstić information content (AvgIpc) is 2.62. The van der Waals surface area contributed by atoms with Gasteiger partial charge in [0.2, 0.25) is 0 Å². The van der Waals surface area contributed by atoms with E-state index in [2.05, 4.69) is 42.0 Å². The molecule has 3 heteroatoms. The van der Waals surface area contributed by atoms with E-state index in [-0.39, 0.29) is 5.75 Å². The molecule has 0 saturated heterocycles. The molecule has 0 aliphatic carbocycles. The summed E-state index contributed by atoms with van der Waals surface area (Å²) in [5.41, 5.74) is 5.31. The molecule has 0 N–H and O–H groups in total. The third-order valence-electron chi connectivity index (χ3n) is 4.08. The van der Waals surface area contributed by atoms with Crippen molar-refractivity contribution in [2.75, 3.05) is 0 Å². The number of hydrogen-bond donors (Lipinski definition) is 0. The Balaban J connectivity index is 2.11. The van der Waals surface area contributed by atoms with Crippen LogP contribution in [0.25, 0.3) is 22.3 Å². The lowest BCUT2D eigenvalue weighted by atomic mass is 9.92. The second-order valence-electron chi connectivity index (χ2n) is 5.90. The van der Waals surface area contributed by atoms with E-state index >= 15 is 0 Å². The van der Waals surface area contributed by atoms with Crippen molar-refractivity contribution in [1.82, 2.24) is 0 Å². The first-order valence-electron chi connectivity index (χ1n) is 8.41. The van der Waals surface area contributed by atoms with Gasteiger partial charge in [0.25, 0.3) is 0 Å². The lowest BCUT2D eigenvalue weighted by Gasteiger charge is -2.14. The Labute approximate surface area is 146 Å². The molecule has 0 aliphatic rings. The minimum atomic E-state index is -2.82. The molecule has 0 fully saturated rings. The number of rotatable bonds is 6. The van der Waals surface area contributed by atoms with Crippen molar-refractivity contribution in [3.63, 3.8) is 0 Å². The lowest BCUT2D eigenvalue weighted by molar-refractivity contribution is -0.0498. The van der Waals surface area contributed by atoms with E-state index < -0.39 is 6.61 Å². The maximum atomic E-state index is 12.5. The smallest absolute Gasteiger partial charge is 0.387 e. The normalized spacial score (nSPS) is 10.9. The zero-order valence-electron chi connectivity index (χ0n) is 14.1. The van der Waals surface area contributed by atoms with E-state index in [4.69, 9.17) is 0 Å². The topological polar surface area (TPSA) is 9.23 Å². The predicted molar refractivity (Wildman–Crippen MR) is 97.9 cm³/mol. The van der Waals surface area contributed by atoms with Crippen molar-refractivity contribution < 1.29 is 13.5 Å². The quantitative estimate of drug-likeness (QED) is 0.493. The van der Waals surface area contributed by atoms with Gasteiger partial charge >= 0.3 is 6.61 Å². The van der Waals surface area contributed by atoms with Crippen LogP contribution < -0.4 is 4.74 Å². The van der Waals surface area contributed by atoms with E-state index in [1.807, 2.05) is 24.3 Å². The molecule has 1 nitrogen and oxygen atoms in total. The third-order valence-corrected chi connectivity index (χ3v) is 4.08. The first-order chi connectivity index (χ1) is 12.2. The summed E-state index contributed by atoms with van der Waals surface area (Å²) in [5, 5.41) is 0. The fourth-order valence-corrected chi connectivity index (χ4v) is 2.98. The Morgan fingerprint density at radius 1 is 0.800 bits per heavy atom. The molecular weight excluding hydrogens is 318 g/mol. The van der Waals surface area contributed by atoms with E-state index in [1.54, 1.807) is 18.2 Å². The summed E-state index contributed by atoms with van der Waals surface area (Å²) < 4.78 is 29.6. The third kappa shape index (κ3) is 4.24. The van der Waals surface area contributed by atoms with Crippen molar-refractivity contribution in [3.05, 3.63) is 78.4 Å². The van der Waals surface area contributed by atoms with Gasteiger partial charge in [0.1, 0.15) is 5.75 Å². The Hall–Kier alpha value is -2.68. The standard InChI is InChI=1S/C22H20F2O/c1-2-7-16-12-13-20(17-8-4-3-5-9-17)21(14-16)18-10-6-11-19(15-18)25-22(23)24/h3-6,8-15,22H,2,7H2,1H3. The maximum Gasteiger partial charge on any atom is 0.387 e. The van der Waals surface area contributed by atoms with Crippen LogP contribution in [0.3, 0.4) is 0 Å². The summed E-state index contributed by atoms with van der Waals surface area (Å²) in [7, 11) is 0. The molecule has 0 spiro atoms. The van der Waals surface area contributed by atoms with Gasteiger partial charge in [0, 0.05) is 0 Å². The molecular formula is C22H20F2O. The van der Waals surface area contributed by atoms with Gasteiger partial charge in [0.15, 0.2) is 0 Å². The minimum absolute atomic E-state index is 0.174. The fourth-order valence-electron chi connectivity index (χ4n) is 2.98. The number of hydrogen-bond acceptors (Lipinski definition) is 1.